The molecule has 0 saturated heterocycles. The molecular formula is C10H9Cl2NO4. The number of nitrogens with two attached hydrogens (primary N) is 1. The molecule has 0 amide bonds. The predicted molar refractivity (Wildman–Crippen MR) is 60.8 cm³/mol. The van der Waals surface area contributed by atoms with Crippen LogP contribution in [0.4, 0.5) is 0 Å². The van der Waals surface area contributed by atoms with Crippen LogP contribution < -0.4 is 5.73 Å². The Labute approximate surface area is 107 Å². The number of halogens is 2. The number of hydrogen-bond donors (Lipinski definition) is 1. The van der Waals surface area contributed by atoms with E-state index in [2.05, 4.69) is 0 Å². The Morgan fingerprint density at radius 2 is 1.76 bits per heavy atom. The van der Waals surface area contributed by atoms with Crippen LogP contribution in [-0.2, 0) is 19.2 Å². The minimum absolute atomic E-state index is 0.501. The van der Waals surface area contributed by atoms with Crippen LogP contribution in [0.2, 0.25) is 0 Å². The maximum absolute atomic E-state index is 11.8. The first-order valence-electron chi connectivity index (χ1n) is 4.59. The van der Waals surface area contributed by atoms with Gasteiger partial charge in [-0.3, -0.25) is 19.2 Å². The Morgan fingerprint density at radius 1 is 1.29 bits per heavy atom. The molecule has 1 aliphatic carbocycles. The molecule has 2 atom stereocenters. The molecule has 2 unspecified atom stereocenters. The van der Waals surface area contributed by atoms with Gasteiger partial charge in [-0.2, -0.15) is 0 Å². The van der Waals surface area contributed by atoms with Gasteiger partial charge in [0.05, 0.1) is 5.57 Å². The second-order valence-corrected chi connectivity index (χ2v) is 4.54. The molecule has 0 aliphatic heterocycles. The van der Waals surface area contributed by atoms with Gasteiger partial charge in [0.15, 0.2) is 22.9 Å². The van der Waals surface area contributed by atoms with Gasteiger partial charge in [-0.1, -0.05) is 11.6 Å². The fourth-order valence-corrected chi connectivity index (χ4v) is 2.26. The van der Waals surface area contributed by atoms with E-state index in [0.717, 1.165) is 13.8 Å². The second kappa shape index (κ2) is 4.33. The van der Waals surface area contributed by atoms with Gasteiger partial charge in [0, 0.05) is 0 Å². The first-order chi connectivity index (χ1) is 7.65. The van der Waals surface area contributed by atoms with Gasteiger partial charge in [0.25, 0.3) is 0 Å². The Balaban J connectivity index is 3.54. The zero-order chi connectivity index (χ0) is 13.5. The molecule has 0 saturated carbocycles. The van der Waals surface area contributed by atoms with E-state index in [1.165, 1.54) is 0 Å². The monoisotopic (exact) mass is 277 g/mol. The summed E-state index contributed by atoms with van der Waals surface area (Å²) in [5.41, 5.74) is 2.85. The summed E-state index contributed by atoms with van der Waals surface area (Å²) in [6.07, 6.45) is 0. The maximum atomic E-state index is 11.8. The van der Waals surface area contributed by atoms with Crippen LogP contribution >= 0.6 is 23.2 Å². The fourth-order valence-electron chi connectivity index (χ4n) is 1.52. The predicted octanol–water partition coefficient (Wildman–Crippen LogP) is 0.114. The molecule has 0 aromatic rings. The second-order valence-electron chi connectivity index (χ2n) is 3.73. The summed E-state index contributed by atoms with van der Waals surface area (Å²) in [6.45, 7) is 2.10. The molecule has 17 heavy (non-hydrogen) atoms. The number of Topliss-reactive ketones (excluding diaryl/α,β-unsaturated/α-hetero) is 4. The van der Waals surface area contributed by atoms with Gasteiger partial charge in [-0.05, 0) is 13.8 Å². The van der Waals surface area contributed by atoms with Gasteiger partial charge >= 0.3 is 0 Å². The third kappa shape index (κ3) is 1.84. The van der Waals surface area contributed by atoms with Crippen LogP contribution in [0.1, 0.15) is 13.8 Å². The van der Waals surface area contributed by atoms with Crippen LogP contribution in [0.15, 0.2) is 10.6 Å². The Morgan fingerprint density at radius 3 is 2.12 bits per heavy atom. The molecule has 1 aliphatic rings. The van der Waals surface area contributed by atoms with Crippen molar-refractivity contribution in [3.8, 4) is 0 Å². The first-order valence-corrected chi connectivity index (χ1v) is 5.40. The minimum atomic E-state index is -2.20. The number of allylic oxidation sites excluding steroid dienone is 1. The van der Waals surface area contributed by atoms with Crippen molar-refractivity contribution in [3.05, 3.63) is 10.6 Å². The van der Waals surface area contributed by atoms with E-state index in [9.17, 15) is 19.2 Å². The molecule has 2 N–H and O–H groups in total. The lowest BCUT2D eigenvalue weighted by Crippen LogP contribution is -2.65. The van der Waals surface area contributed by atoms with Crippen molar-refractivity contribution in [1.82, 2.24) is 0 Å². The van der Waals surface area contributed by atoms with Crippen molar-refractivity contribution < 1.29 is 19.2 Å². The van der Waals surface area contributed by atoms with Crippen LogP contribution in [0, 0.1) is 0 Å². The molecular weight excluding hydrogens is 269 g/mol. The Kier molecular flexibility index (Phi) is 3.57. The molecule has 0 aromatic heterocycles. The van der Waals surface area contributed by atoms with Crippen LogP contribution in [0.3, 0.4) is 0 Å². The highest BCUT2D eigenvalue weighted by Gasteiger charge is 2.55. The summed E-state index contributed by atoms with van der Waals surface area (Å²) < 4.78 is 0. The number of carbonyl (C=O) groups excluding carboxylic acids is 4. The fraction of sp³-hybridized carbons (Fsp3) is 0.400. The number of ketones is 4. The quantitative estimate of drug-likeness (QED) is 0.439. The largest absolute Gasteiger partial charge is 0.311 e. The molecule has 0 aromatic carbocycles. The summed E-state index contributed by atoms with van der Waals surface area (Å²) >= 11 is 11.3. The smallest absolute Gasteiger partial charge is 0.204 e. The molecule has 0 fully saturated rings. The van der Waals surface area contributed by atoms with Crippen LogP contribution in [0.25, 0.3) is 0 Å². The molecule has 7 heteroatoms. The van der Waals surface area contributed by atoms with E-state index in [4.69, 9.17) is 28.9 Å². The average Bonchev–Trinajstić information content (AvgIpc) is 2.23. The molecule has 0 bridgehead atoms. The molecule has 0 spiro atoms. The van der Waals surface area contributed by atoms with Crippen molar-refractivity contribution in [3.63, 3.8) is 0 Å². The number of alkyl halides is 1. The number of rotatable bonds is 2. The summed E-state index contributed by atoms with van der Waals surface area (Å²) in [4.78, 5) is 46.2. The number of carbonyl (C=O) groups is 4. The Hall–Kier alpha value is -1.04. The van der Waals surface area contributed by atoms with Gasteiger partial charge in [0.1, 0.15) is 10.4 Å². The van der Waals surface area contributed by atoms with Crippen molar-refractivity contribution in [2.24, 2.45) is 5.73 Å². The summed E-state index contributed by atoms with van der Waals surface area (Å²) in [5.74, 6) is -3.38. The summed E-state index contributed by atoms with van der Waals surface area (Å²) in [6, 6.07) is 0. The lowest BCUT2D eigenvalue weighted by Gasteiger charge is -2.32. The van der Waals surface area contributed by atoms with E-state index < -0.39 is 44.7 Å². The van der Waals surface area contributed by atoms with Crippen molar-refractivity contribution in [2.45, 2.75) is 24.8 Å². The molecule has 92 valence electrons. The summed E-state index contributed by atoms with van der Waals surface area (Å²) in [7, 11) is 0. The van der Waals surface area contributed by atoms with Crippen molar-refractivity contribution >= 4 is 46.3 Å². The van der Waals surface area contributed by atoms with Gasteiger partial charge in [-0.15, -0.1) is 11.6 Å². The average molecular weight is 278 g/mol. The number of hydrogen-bond acceptors (Lipinski definition) is 5. The normalized spacial score (nSPS) is 29.6. The van der Waals surface area contributed by atoms with Crippen molar-refractivity contribution in [1.29, 1.82) is 0 Å². The SMILES string of the molecule is CC(=O)C1=C(Cl)C(=O)C(N)(C(C)=O)C(Cl)C1=O. The standard InChI is InChI=1S/C10H9Cl2NO4/c1-3(14)5-6(11)9(17)10(13,4(2)15)8(12)7(5)16/h8H,13H2,1-2H3. The van der Waals surface area contributed by atoms with E-state index in [1.807, 2.05) is 0 Å². The van der Waals surface area contributed by atoms with E-state index in [0.29, 0.717) is 0 Å². The van der Waals surface area contributed by atoms with Crippen LogP contribution in [-0.4, -0.2) is 34.0 Å². The van der Waals surface area contributed by atoms with Crippen molar-refractivity contribution in [2.75, 3.05) is 0 Å². The van der Waals surface area contributed by atoms with Gasteiger partial charge < -0.3 is 5.73 Å². The van der Waals surface area contributed by atoms with E-state index in [1.54, 1.807) is 0 Å². The molecule has 5 nitrogen and oxygen atoms in total. The lowest BCUT2D eigenvalue weighted by molar-refractivity contribution is -0.136. The maximum Gasteiger partial charge on any atom is 0.204 e. The molecule has 0 heterocycles. The van der Waals surface area contributed by atoms with E-state index in [-0.39, 0.29) is 0 Å². The minimum Gasteiger partial charge on any atom is -0.311 e. The summed E-state index contributed by atoms with van der Waals surface area (Å²) in [5, 5.41) is -2.24. The molecule has 0 radical (unpaired) electrons. The van der Waals surface area contributed by atoms with Crippen LogP contribution in [0.5, 0.6) is 0 Å². The lowest BCUT2D eigenvalue weighted by atomic mass is 9.77. The Bertz CT molecular complexity index is 483. The zero-order valence-corrected chi connectivity index (χ0v) is 10.6. The third-order valence-corrected chi connectivity index (χ3v) is 3.51. The van der Waals surface area contributed by atoms with Gasteiger partial charge in [0.2, 0.25) is 5.78 Å². The van der Waals surface area contributed by atoms with E-state index >= 15 is 0 Å². The highest BCUT2D eigenvalue weighted by Crippen LogP contribution is 2.32. The third-order valence-electron chi connectivity index (χ3n) is 2.61. The molecule has 1 rings (SSSR count). The topological polar surface area (TPSA) is 94.3 Å². The van der Waals surface area contributed by atoms with Gasteiger partial charge in [-0.25, -0.2) is 0 Å². The first kappa shape index (κ1) is 14.0. The highest BCUT2D eigenvalue weighted by atomic mass is 35.5. The highest BCUT2D eigenvalue weighted by molar-refractivity contribution is 6.57. The zero-order valence-electron chi connectivity index (χ0n) is 9.04.